The number of carbonyl (C=O) groups excluding carboxylic acids is 4. The third-order valence-corrected chi connectivity index (χ3v) is 17.8. The number of ether oxygens (including phenoxy) is 5. The maximum atomic E-state index is 14.4. The molecular formula is C59H85ClN8O10S. The van der Waals surface area contributed by atoms with Crippen molar-refractivity contribution in [3.05, 3.63) is 74.7 Å². The summed E-state index contributed by atoms with van der Waals surface area (Å²) in [5.74, 6) is 0.174. The van der Waals surface area contributed by atoms with Gasteiger partial charge in [-0.2, -0.15) is 5.26 Å². The van der Waals surface area contributed by atoms with Crippen LogP contribution in [0.4, 0.5) is 5.69 Å². The normalized spacial score (nSPS) is 25.5. The molecule has 79 heavy (non-hydrogen) atoms. The number of aliphatic hydroxyl groups is 1. The predicted molar refractivity (Wildman–Crippen MR) is 304 cm³/mol. The van der Waals surface area contributed by atoms with E-state index in [1.165, 1.54) is 9.78 Å². The molecule has 4 aliphatic rings. The van der Waals surface area contributed by atoms with E-state index in [1.54, 1.807) is 29.5 Å². The zero-order valence-corrected chi connectivity index (χ0v) is 49.4. The van der Waals surface area contributed by atoms with E-state index in [9.17, 15) is 29.5 Å². The van der Waals surface area contributed by atoms with Crippen LogP contribution >= 0.6 is 22.9 Å². The molecule has 2 aliphatic heterocycles. The number of thiazole rings is 1. The number of rotatable bonds is 13. The molecule has 0 bridgehead atoms. The van der Waals surface area contributed by atoms with Crippen LogP contribution in [-0.2, 0) is 33.3 Å². The van der Waals surface area contributed by atoms with Gasteiger partial charge in [-0.1, -0.05) is 60.1 Å². The van der Waals surface area contributed by atoms with Crippen LogP contribution in [-0.4, -0.2) is 172 Å². The fraction of sp³-hybridized carbons (Fsp3) is 0.661. The van der Waals surface area contributed by atoms with Crippen LogP contribution in [0.2, 0.25) is 5.02 Å². The Hall–Kier alpha value is -4.91. The molecule has 2 saturated carbocycles. The van der Waals surface area contributed by atoms with Crippen molar-refractivity contribution in [3.8, 4) is 11.8 Å². The summed E-state index contributed by atoms with van der Waals surface area (Å²) in [6, 6.07) is 12.6. The zero-order chi connectivity index (χ0) is 57.1. The van der Waals surface area contributed by atoms with Crippen LogP contribution in [0.5, 0.6) is 5.75 Å². The number of aliphatic hydroxyl groups excluding tert-OH is 1. The van der Waals surface area contributed by atoms with Crippen LogP contribution in [0.15, 0.2) is 48.0 Å². The molecule has 3 heterocycles. The van der Waals surface area contributed by atoms with Gasteiger partial charge in [0.2, 0.25) is 17.7 Å². The van der Waals surface area contributed by atoms with Gasteiger partial charge in [-0.25, -0.2) is 4.98 Å². The maximum absolute atomic E-state index is 14.4. The molecule has 1 aromatic heterocycles. The van der Waals surface area contributed by atoms with E-state index in [-0.39, 0.29) is 55.4 Å². The molecule has 20 heteroatoms. The van der Waals surface area contributed by atoms with Gasteiger partial charge >= 0.3 is 0 Å². The lowest BCUT2D eigenvalue weighted by Crippen LogP contribution is -2.74. The summed E-state index contributed by atoms with van der Waals surface area (Å²) in [5, 5.41) is 29.9. The molecule has 0 spiro atoms. The molecule has 4 fully saturated rings. The standard InChI is InChI=1S/C59H85ClN8O10S/c1-38(40-10-12-41(13-11-40)50-39(2)62-37-79-50)63-53(72)48-32-45(69)35-68(48)54(73)51(57(3,4)5)64-49(70)36-66-20-24-74-28-30-76-26-22-67(23-27-77-31-29-75-25-21-66)44-17-14-42(15-18-44)52(71)65-55-58(6,7)56(59(55,8)9)78-46-19-16-43(34-61)47(60)33-46/h14-19,33,37-38,40-41,45,48,51,55-56,69H,10-13,20-32,35-36H2,1-9H3,(H,63,72)(H,64,70)(H,65,71)/t38-,40?,41?,45+,48+,51?,55?,56?/m0/s1. The fourth-order valence-corrected chi connectivity index (χ4v) is 13.4. The number of benzene rings is 2. The Morgan fingerprint density at radius 1 is 0.873 bits per heavy atom. The molecule has 4 N–H and O–H groups in total. The Labute approximate surface area is 476 Å². The van der Waals surface area contributed by atoms with E-state index >= 15 is 0 Å². The van der Waals surface area contributed by atoms with Gasteiger partial charge in [0, 0.05) is 84.3 Å². The Morgan fingerprint density at radius 2 is 1.47 bits per heavy atom. The third kappa shape index (κ3) is 16.0. The molecule has 2 aromatic carbocycles. The minimum atomic E-state index is -0.953. The van der Waals surface area contributed by atoms with Crippen LogP contribution in [0, 0.1) is 40.4 Å². The first-order valence-electron chi connectivity index (χ1n) is 28.1. The molecule has 4 atom stereocenters. The van der Waals surface area contributed by atoms with Gasteiger partial charge in [0.15, 0.2) is 0 Å². The first-order valence-corrected chi connectivity index (χ1v) is 29.4. The van der Waals surface area contributed by atoms with Crippen molar-refractivity contribution in [3.63, 3.8) is 0 Å². The highest BCUT2D eigenvalue weighted by Crippen LogP contribution is 2.55. The lowest BCUT2D eigenvalue weighted by molar-refractivity contribution is -0.164. The highest BCUT2D eigenvalue weighted by Gasteiger charge is 2.64. The molecule has 434 valence electrons. The van der Waals surface area contributed by atoms with Crippen molar-refractivity contribution in [2.45, 2.75) is 137 Å². The maximum Gasteiger partial charge on any atom is 0.251 e. The summed E-state index contributed by atoms with van der Waals surface area (Å²) in [4.78, 5) is 67.2. The lowest BCUT2D eigenvalue weighted by Gasteiger charge is -2.63. The number of likely N-dealkylation sites (tertiary alicyclic amines) is 1. The van der Waals surface area contributed by atoms with E-state index in [0.29, 0.717) is 113 Å². The first-order chi connectivity index (χ1) is 37.6. The van der Waals surface area contributed by atoms with E-state index < -0.39 is 40.3 Å². The summed E-state index contributed by atoms with van der Waals surface area (Å²) < 4.78 is 30.4. The number of aryl methyl sites for hydroxylation is 1. The highest BCUT2D eigenvalue weighted by atomic mass is 35.5. The van der Waals surface area contributed by atoms with Crippen molar-refractivity contribution in [1.82, 2.24) is 30.7 Å². The van der Waals surface area contributed by atoms with Gasteiger partial charge in [-0.3, -0.25) is 24.1 Å². The van der Waals surface area contributed by atoms with E-state index in [2.05, 4.69) is 66.5 Å². The Bertz CT molecular complexity index is 2520. The predicted octanol–water partition coefficient (Wildman–Crippen LogP) is 6.75. The number of aromatic nitrogens is 1. The number of nitriles is 1. The molecule has 18 nitrogen and oxygen atoms in total. The molecule has 2 aliphatic carbocycles. The molecule has 2 saturated heterocycles. The second-order valence-electron chi connectivity index (χ2n) is 24.0. The monoisotopic (exact) mass is 1130 g/mol. The van der Waals surface area contributed by atoms with E-state index in [1.807, 2.05) is 62.4 Å². The van der Waals surface area contributed by atoms with Crippen LogP contribution in [0.3, 0.4) is 0 Å². The molecule has 3 aromatic rings. The number of halogens is 1. The van der Waals surface area contributed by atoms with E-state index in [0.717, 1.165) is 37.1 Å². The smallest absolute Gasteiger partial charge is 0.251 e. The zero-order valence-electron chi connectivity index (χ0n) is 47.8. The Morgan fingerprint density at radius 3 is 2.01 bits per heavy atom. The Balaban J connectivity index is 0.857. The molecular weight excluding hydrogens is 1050 g/mol. The van der Waals surface area contributed by atoms with Crippen molar-refractivity contribution in [1.29, 1.82) is 5.26 Å². The molecule has 4 amide bonds. The van der Waals surface area contributed by atoms with Gasteiger partial charge in [-0.05, 0) is 93.2 Å². The number of nitrogens with one attached hydrogen (secondary N) is 3. The van der Waals surface area contributed by atoms with Crippen molar-refractivity contribution in [2.24, 2.45) is 22.2 Å². The SMILES string of the molecule is Cc1ncsc1C1CCC([C@H](C)NC(=O)[C@H]2C[C@@H](O)CN2C(=O)C(NC(=O)CN2CCOCCOCCN(c3ccc(C(=O)NC4C(C)(C)C(Oc5ccc(C#N)c(Cl)c5)C4(C)C)cc3)CCOCCOCC2)C(C)(C)C)CC1. The Kier molecular flexibility index (Phi) is 21.6. The summed E-state index contributed by atoms with van der Waals surface area (Å²) in [7, 11) is 0. The van der Waals surface area contributed by atoms with Gasteiger partial charge in [0.25, 0.3) is 5.91 Å². The first kappa shape index (κ1) is 61.7. The topological polar surface area (TPSA) is 217 Å². The lowest BCUT2D eigenvalue weighted by atomic mass is 9.49. The van der Waals surface area contributed by atoms with Gasteiger partial charge in [0.1, 0.15) is 30.0 Å². The summed E-state index contributed by atoms with van der Waals surface area (Å²) in [6.07, 6.45) is 3.10. The highest BCUT2D eigenvalue weighted by molar-refractivity contribution is 7.09. The van der Waals surface area contributed by atoms with Gasteiger partial charge < -0.3 is 54.5 Å². The van der Waals surface area contributed by atoms with Gasteiger partial charge in [0.05, 0.1) is 87.3 Å². The quantitative estimate of drug-likeness (QED) is 0.139. The number of nitrogens with zero attached hydrogens (tertiary/aromatic N) is 5. The van der Waals surface area contributed by atoms with Crippen molar-refractivity contribution in [2.75, 3.05) is 97.0 Å². The average Bonchev–Trinajstić information content (AvgIpc) is 4.11. The number of hydrogen-bond acceptors (Lipinski definition) is 15. The van der Waals surface area contributed by atoms with Crippen LogP contribution < -0.4 is 25.6 Å². The fourth-order valence-electron chi connectivity index (χ4n) is 12.2. The minimum absolute atomic E-state index is 0.00792. The number of carbonyl (C=O) groups is 4. The average molecular weight is 1130 g/mol. The molecule has 7 rings (SSSR count). The van der Waals surface area contributed by atoms with Crippen molar-refractivity contribution >= 4 is 52.3 Å². The largest absolute Gasteiger partial charge is 0.489 e. The number of hydrogen-bond donors (Lipinski definition) is 4. The number of anilines is 1. The third-order valence-electron chi connectivity index (χ3n) is 16.4. The van der Waals surface area contributed by atoms with Crippen molar-refractivity contribution < 1.29 is 48.0 Å². The second kappa shape index (κ2) is 27.7. The van der Waals surface area contributed by atoms with Crippen LogP contribution in [0.25, 0.3) is 0 Å². The molecule has 1 unspecified atom stereocenters. The summed E-state index contributed by atoms with van der Waals surface area (Å²) in [6.45, 7) is 23.0. The number of amides is 4. The van der Waals surface area contributed by atoms with E-state index in [4.69, 9.17) is 35.3 Å². The summed E-state index contributed by atoms with van der Waals surface area (Å²) in [5.41, 5.74) is 3.35. The van der Waals surface area contributed by atoms with Crippen LogP contribution in [0.1, 0.15) is 120 Å². The second-order valence-corrected chi connectivity index (χ2v) is 25.3. The number of β-amino-alcohol motifs (C(OH)–C–C–N with tert-alkyl or cyclic N) is 1. The minimum Gasteiger partial charge on any atom is -0.489 e. The summed E-state index contributed by atoms with van der Waals surface area (Å²) >= 11 is 8.01. The van der Waals surface area contributed by atoms with Gasteiger partial charge in [-0.15, -0.1) is 11.3 Å². The molecule has 0 radical (unpaired) electrons.